The monoisotopic (exact) mass is 189 g/mol. The lowest BCUT2D eigenvalue weighted by Crippen LogP contribution is -2.42. The zero-order valence-corrected chi connectivity index (χ0v) is 7.64. The molecule has 1 heterocycles. The molecule has 2 N–H and O–H groups in total. The van der Waals surface area contributed by atoms with Crippen molar-refractivity contribution < 1.29 is 5.11 Å². The molecule has 0 spiro atoms. The van der Waals surface area contributed by atoms with Crippen molar-refractivity contribution in [2.45, 2.75) is 25.0 Å². The molecule has 0 aromatic carbocycles. The van der Waals surface area contributed by atoms with Crippen LogP contribution in [0.5, 0.6) is 0 Å². The van der Waals surface area contributed by atoms with Gasteiger partial charge in [-0.3, -0.25) is 0 Å². The molecule has 2 rings (SSSR count). The van der Waals surface area contributed by atoms with Gasteiger partial charge in [0.15, 0.2) is 0 Å². The van der Waals surface area contributed by atoms with Gasteiger partial charge in [0.25, 0.3) is 0 Å². The average molecular weight is 189 g/mol. The number of hydrogen-bond donors (Lipinski definition) is 2. The first-order valence-electron chi connectivity index (χ1n) is 4.60. The van der Waals surface area contributed by atoms with E-state index in [-0.39, 0.29) is 12.1 Å². The molecular weight excluding hydrogens is 178 g/mol. The highest BCUT2D eigenvalue weighted by Crippen LogP contribution is 2.23. The summed E-state index contributed by atoms with van der Waals surface area (Å²) in [5.41, 5.74) is 1.24. The summed E-state index contributed by atoms with van der Waals surface area (Å²) in [5, 5.41) is 21.1. The lowest BCUT2D eigenvalue weighted by molar-refractivity contribution is 0.0786. The Kier molecular flexibility index (Phi) is 2.33. The van der Waals surface area contributed by atoms with Gasteiger partial charge >= 0.3 is 0 Å². The molecule has 1 aliphatic rings. The lowest BCUT2D eigenvalue weighted by Gasteiger charge is -2.33. The Morgan fingerprint density at radius 2 is 2.43 bits per heavy atom. The number of nitrogens with one attached hydrogen (secondary N) is 1. The maximum absolute atomic E-state index is 9.35. The highest BCUT2D eigenvalue weighted by Gasteiger charge is 2.28. The minimum Gasteiger partial charge on any atom is -0.391 e. The number of anilines is 1. The second kappa shape index (κ2) is 3.64. The molecule has 4 heteroatoms. The van der Waals surface area contributed by atoms with E-state index in [1.807, 2.05) is 6.07 Å². The van der Waals surface area contributed by atoms with E-state index in [0.717, 1.165) is 18.5 Å². The summed E-state index contributed by atoms with van der Waals surface area (Å²) in [7, 11) is 0. The van der Waals surface area contributed by atoms with Crippen molar-refractivity contribution in [2.24, 2.45) is 0 Å². The van der Waals surface area contributed by atoms with Gasteiger partial charge in [-0.15, -0.1) is 0 Å². The van der Waals surface area contributed by atoms with Crippen LogP contribution in [0.25, 0.3) is 0 Å². The first-order valence-corrected chi connectivity index (χ1v) is 4.60. The molecule has 4 nitrogen and oxygen atoms in total. The van der Waals surface area contributed by atoms with Crippen molar-refractivity contribution >= 4 is 5.69 Å². The third kappa shape index (κ3) is 1.68. The Morgan fingerprint density at radius 3 is 3.00 bits per heavy atom. The number of nitriles is 1. The summed E-state index contributed by atoms with van der Waals surface area (Å²) in [6.07, 6.45) is 3.17. The third-order valence-corrected chi connectivity index (χ3v) is 2.46. The van der Waals surface area contributed by atoms with Gasteiger partial charge in [-0.05, 0) is 25.0 Å². The second-order valence-electron chi connectivity index (χ2n) is 3.44. The number of aliphatic hydroxyl groups is 1. The molecule has 0 unspecified atom stereocenters. The Balaban J connectivity index is 2.06. The minimum absolute atomic E-state index is 0.129. The number of aromatic nitrogens is 1. The zero-order valence-electron chi connectivity index (χ0n) is 7.64. The smallest absolute Gasteiger partial charge is 0.142 e. The van der Waals surface area contributed by atoms with E-state index < -0.39 is 0 Å². The predicted molar refractivity (Wildman–Crippen MR) is 51.6 cm³/mol. The Labute approximate surface area is 82.2 Å². The molecule has 2 atom stereocenters. The predicted octanol–water partition coefficient (Wildman–Crippen LogP) is 0.888. The molecule has 0 amide bonds. The second-order valence-corrected chi connectivity index (χ2v) is 3.44. The topological polar surface area (TPSA) is 68.9 Å². The van der Waals surface area contributed by atoms with Crippen molar-refractivity contribution in [3.63, 3.8) is 0 Å². The van der Waals surface area contributed by atoms with Crippen LogP contribution < -0.4 is 5.32 Å². The summed E-state index contributed by atoms with van der Waals surface area (Å²) in [6.45, 7) is 0. The molecule has 1 aliphatic carbocycles. The van der Waals surface area contributed by atoms with Gasteiger partial charge in [-0.1, -0.05) is 0 Å². The van der Waals surface area contributed by atoms with E-state index in [2.05, 4.69) is 10.3 Å². The first kappa shape index (κ1) is 8.97. The maximum atomic E-state index is 9.35. The van der Waals surface area contributed by atoms with Crippen molar-refractivity contribution in [2.75, 3.05) is 5.32 Å². The lowest BCUT2D eigenvalue weighted by atomic mass is 9.89. The Bertz CT molecular complexity index is 372. The van der Waals surface area contributed by atoms with Crippen molar-refractivity contribution in [1.82, 2.24) is 4.98 Å². The van der Waals surface area contributed by atoms with Crippen LogP contribution in [0.1, 0.15) is 18.5 Å². The van der Waals surface area contributed by atoms with E-state index >= 15 is 0 Å². The normalized spacial score (nSPS) is 24.9. The van der Waals surface area contributed by atoms with Gasteiger partial charge in [0, 0.05) is 11.9 Å². The molecule has 1 fully saturated rings. The van der Waals surface area contributed by atoms with Crippen LogP contribution in [0.4, 0.5) is 5.69 Å². The van der Waals surface area contributed by atoms with E-state index in [1.165, 1.54) is 0 Å². The first-order chi connectivity index (χ1) is 6.79. The van der Waals surface area contributed by atoms with Crippen molar-refractivity contribution in [3.05, 3.63) is 24.0 Å². The highest BCUT2D eigenvalue weighted by molar-refractivity contribution is 5.47. The fourth-order valence-electron chi connectivity index (χ4n) is 1.45. The summed E-state index contributed by atoms with van der Waals surface area (Å²) in [6, 6.07) is 5.59. The van der Waals surface area contributed by atoms with Gasteiger partial charge < -0.3 is 10.4 Å². The van der Waals surface area contributed by atoms with Gasteiger partial charge in [-0.2, -0.15) is 5.26 Å². The Morgan fingerprint density at radius 1 is 1.57 bits per heavy atom. The average Bonchev–Trinajstić information content (AvgIpc) is 2.24. The molecule has 0 aliphatic heterocycles. The van der Waals surface area contributed by atoms with Crippen LogP contribution in [0, 0.1) is 11.3 Å². The molecular formula is C10H11N3O. The van der Waals surface area contributed by atoms with Crippen LogP contribution in [-0.2, 0) is 0 Å². The summed E-state index contributed by atoms with van der Waals surface area (Å²) in [5.74, 6) is 0. The van der Waals surface area contributed by atoms with Crippen molar-refractivity contribution in [1.29, 1.82) is 5.26 Å². The molecule has 0 saturated heterocycles. The van der Waals surface area contributed by atoms with Crippen LogP contribution in [0.15, 0.2) is 18.3 Å². The standard InChI is InChI=1S/C10H11N3O/c11-6-8-5-7(3-4-12-8)13-9-1-2-10(9)14/h3-5,9-10,14H,1-2H2,(H,12,13)/t9-,10-/m1/s1. The van der Waals surface area contributed by atoms with E-state index in [0.29, 0.717) is 5.69 Å². The quantitative estimate of drug-likeness (QED) is 0.724. The fourth-order valence-corrected chi connectivity index (χ4v) is 1.45. The number of rotatable bonds is 2. The van der Waals surface area contributed by atoms with Gasteiger partial charge in [-0.25, -0.2) is 4.98 Å². The molecule has 1 saturated carbocycles. The van der Waals surface area contributed by atoms with Gasteiger partial charge in [0.05, 0.1) is 12.1 Å². The van der Waals surface area contributed by atoms with Gasteiger partial charge in [0.2, 0.25) is 0 Å². The largest absolute Gasteiger partial charge is 0.391 e. The van der Waals surface area contributed by atoms with E-state index in [4.69, 9.17) is 5.26 Å². The summed E-state index contributed by atoms with van der Waals surface area (Å²) < 4.78 is 0. The van der Waals surface area contributed by atoms with Crippen LogP contribution in [-0.4, -0.2) is 22.2 Å². The molecule has 1 aromatic heterocycles. The fraction of sp³-hybridized carbons (Fsp3) is 0.400. The maximum Gasteiger partial charge on any atom is 0.142 e. The summed E-state index contributed by atoms with van der Waals surface area (Å²) in [4.78, 5) is 3.86. The molecule has 0 radical (unpaired) electrons. The van der Waals surface area contributed by atoms with Crippen LogP contribution >= 0.6 is 0 Å². The number of nitrogens with zero attached hydrogens (tertiary/aromatic N) is 2. The van der Waals surface area contributed by atoms with Crippen LogP contribution in [0.3, 0.4) is 0 Å². The summed E-state index contributed by atoms with van der Waals surface area (Å²) >= 11 is 0. The molecule has 0 bridgehead atoms. The molecule has 72 valence electrons. The number of hydrogen-bond acceptors (Lipinski definition) is 4. The zero-order chi connectivity index (χ0) is 9.97. The molecule has 1 aromatic rings. The SMILES string of the molecule is N#Cc1cc(N[C@@H]2CC[C@H]2O)ccn1. The van der Waals surface area contributed by atoms with E-state index in [9.17, 15) is 5.11 Å². The van der Waals surface area contributed by atoms with Crippen LogP contribution in [0.2, 0.25) is 0 Å². The Hall–Kier alpha value is -1.60. The number of aliphatic hydroxyl groups excluding tert-OH is 1. The highest BCUT2D eigenvalue weighted by atomic mass is 16.3. The number of pyridine rings is 1. The van der Waals surface area contributed by atoms with E-state index in [1.54, 1.807) is 18.3 Å². The molecule has 14 heavy (non-hydrogen) atoms. The van der Waals surface area contributed by atoms with Crippen molar-refractivity contribution in [3.8, 4) is 6.07 Å². The van der Waals surface area contributed by atoms with Gasteiger partial charge in [0.1, 0.15) is 11.8 Å². The minimum atomic E-state index is -0.256. The third-order valence-electron chi connectivity index (χ3n) is 2.46.